The molecule has 20 heavy (non-hydrogen) atoms. The SMILES string of the molecule is CCOCC(C)Nc1ccccc1Cc1ccccc1. The van der Waals surface area contributed by atoms with Gasteiger partial charge in [0.1, 0.15) is 0 Å². The average Bonchev–Trinajstić information content (AvgIpc) is 2.48. The summed E-state index contributed by atoms with van der Waals surface area (Å²) in [6, 6.07) is 19.4. The summed E-state index contributed by atoms with van der Waals surface area (Å²) in [6.07, 6.45) is 0.950. The van der Waals surface area contributed by atoms with Gasteiger partial charge in [-0.3, -0.25) is 0 Å². The Morgan fingerprint density at radius 3 is 2.45 bits per heavy atom. The van der Waals surface area contributed by atoms with Crippen LogP contribution in [0.1, 0.15) is 25.0 Å². The molecule has 106 valence electrons. The lowest BCUT2D eigenvalue weighted by Gasteiger charge is -2.18. The van der Waals surface area contributed by atoms with E-state index in [2.05, 4.69) is 66.8 Å². The van der Waals surface area contributed by atoms with Crippen LogP contribution in [0.3, 0.4) is 0 Å². The van der Waals surface area contributed by atoms with Crippen molar-refractivity contribution in [2.24, 2.45) is 0 Å². The summed E-state index contributed by atoms with van der Waals surface area (Å²) in [5.74, 6) is 0. The number of para-hydroxylation sites is 1. The molecule has 0 spiro atoms. The Morgan fingerprint density at radius 2 is 1.70 bits per heavy atom. The summed E-state index contributed by atoms with van der Waals surface area (Å²) in [7, 11) is 0. The monoisotopic (exact) mass is 269 g/mol. The number of benzene rings is 2. The Morgan fingerprint density at radius 1 is 1.00 bits per heavy atom. The fraction of sp³-hybridized carbons (Fsp3) is 0.333. The molecule has 0 saturated carbocycles. The summed E-state index contributed by atoms with van der Waals surface area (Å²) in [5, 5.41) is 3.54. The van der Waals surface area contributed by atoms with Crippen molar-refractivity contribution in [1.29, 1.82) is 0 Å². The first kappa shape index (κ1) is 14.6. The van der Waals surface area contributed by atoms with Gasteiger partial charge >= 0.3 is 0 Å². The Kier molecular flexibility index (Phi) is 5.63. The first-order valence-corrected chi connectivity index (χ1v) is 7.25. The van der Waals surface area contributed by atoms with Crippen molar-refractivity contribution in [3.63, 3.8) is 0 Å². The third kappa shape index (κ3) is 4.39. The Labute approximate surface area is 121 Å². The normalized spacial score (nSPS) is 12.1. The average molecular weight is 269 g/mol. The summed E-state index contributed by atoms with van der Waals surface area (Å²) in [6.45, 7) is 5.67. The van der Waals surface area contributed by atoms with Gasteiger partial charge in [0.25, 0.3) is 0 Å². The summed E-state index contributed by atoms with van der Waals surface area (Å²) in [5.41, 5.74) is 3.85. The van der Waals surface area contributed by atoms with Gasteiger partial charge in [-0.25, -0.2) is 0 Å². The molecule has 0 aliphatic carbocycles. The van der Waals surface area contributed by atoms with Crippen LogP contribution in [-0.4, -0.2) is 19.3 Å². The molecule has 0 saturated heterocycles. The van der Waals surface area contributed by atoms with Crippen LogP contribution in [-0.2, 0) is 11.2 Å². The van der Waals surface area contributed by atoms with Crippen LogP contribution < -0.4 is 5.32 Å². The third-order valence-electron chi connectivity index (χ3n) is 3.23. The second-order valence-electron chi connectivity index (χ2n) is 5.02. The Hall–Kier alpha value is -1.80. The fourth-order valence-corrected chi connectivity index (χ4v) is 2.23. The zero-order valence-corrected chi connectivity index (χ0v) is 12.3. The molecule has 0 aromatic heterocycles. The zero-order valence-electron chi connectivity index (χ0n) is 12.3. The van der Waals surface area contributed by atoms with Gasteiger partial charge in [0.05, 0.1) is 6.61 Å². The number of rotatable bonds is 7. The largest absolute Gasteiger partial charge is 0.380 e. The molecular weight excluding hydrogens is 246 g/mol. The van der Waals surface area contributed by atoms with E-state index in [-0.39, 0.29) is 0 Å². The molecule has 0 aliphatic heterocycles. The van der Waals surface area contributed by atoms with E-state index in [1.54, 1.807) is 0 Å². The lowest BCUT2D eigenvalue weighted by Crippen LogP contribution is -2.22. The molecular formula is C18H23NO. The van der Waals surface area contributed by atoms with Crippen molar-refractivity contribution >= 4 is 5.69 Å². The highest BCUT2D eigenvalue weighted by molar-refractivity contribution is 5.53. The first-order valence-electron chi connectivity index (χ1n) is 7.25. The van der Waals surface area contributed by atoms with Crippen LogP contribution in [0.5, 0.6) is 0 Å². The van der Waals surface area contributed by atoms with Crippen LogP contribution >= 0.6 is 0 Å². The van der Waals surface area contributed by atoms with Crippen LogP contribution in [0.2, 0.25) is 0 Å². The number of hydrogen-bond acceptors (Lipinski definition) is 2. The maximum absolute atomic E-state index is 5.46. The standard InChI is InChI=1S/C18H23NO/c1-3-20-14-15(2)19-18-12-8-7-11-17(18)13-16-9-5-4-6-10-16/h4-12,15,19H,3,13-14H2,1-2H3. The highest BCUT2D eigenvalue weighted by atomic mass is 16.5. The van der Waals surface area contributed by atoms with Crippen LogP contribution in [0, 0.1) is 0 Å². The van der Waals surface area contributed by atoms with Crippen molar-refractivity contribution in [2.45, 2.75) is 26.3 Å². The lowest BCUT2D eigenvalue weighted by atomic mass is 10.0. The molecule has 1 atom stereocenters. The maximum Gasteiger partial charge on any atom is 0.0664 e. The molecule has 0 heterocycles. The maximum atomic E-state index is 5.46. The van der Waals surface area contributed by atoms with E-state index in [1.807, 2.05) is 6.92 Å². The number of nitrogens with one attached hydrogen (secondary N) is 1. The van der Waals surface area contributed by atoms with E-state index in [0.717, 1.165) is 19.6 Å². The molecule has 2 aromatic rings. The molecule has 0 aliphatic rings. The minimum Gasteiger partial charge on any atom is -0.380 e. The molecule has 1 unspecified atom stereocenters. The van der Waals surface area contributed by atoms with Gasteiger partial charge in [-0.15, -0.1) is 0 Å². The van der Waals surface area contributed by atoms with Crippen LogP contribution in [0.25, 0.3) is 0 Å². The highest BCUT2D eigenvalue weighted by Gasteiger charge is 2.06. The van der Waals surface area contributed by atoms with Crippen molar-refractivity contribution in [3.05, 3.63) is 65.7 Å². The minimum atomic E-state index is 0.312. The van der Waals surface area contributed by atoms with Gasteiger partial charge in [0, 0.05) is 18.3 Å². The highest BCUT2D eigenvalue weighted by Crippen LogP contribution is 2.19. The first-order chi connectivity index (χ1) is 9.79. The molecule has 2 aromatic carbocycles. The molecule has 1 N–H and O–H groups in total. The molecule has 2 heteroatoms. The number of anilines is 1. The second-order valence-corrected chi connectivity index (χ2v) is 5.02. The molecule has 2 nitrogen and oxygen atoms in total. The van der Waals surface area contributed by atoms with E-state index in [0.29, 0.717) is 6.04 Å². The zero-order chi connectivity index (χ0) is 14.2. The van der Waals surface area contributed by atoms with Crippen molar-refractivity contribution < 1.29 is 4.74 Å². The Bertz CT molecular complexity index is 510. The van der Waals surface area contributed by atoms with Gasteiger partial charge in [0.15, 0.2) is 0 Å². The molecule has 0 radical (unpaired) electrons. The molecule has 0 fully saturated rings. The van der Waals surface area contributed by atoms with E-state index in [9.17, 15) is 0 Å². The number of hydrogen-bond donors (Lipinski definition) is 1. The fourth-order valence-electron chi connectivity index (χ4n) is 2.23. The van der Waals surface area contributed by atoms with Crippen LogP contribution in [0.4, 0.5) is 5.69 Å². The third-order valence-corrected chi connectivity index (χ3v) is 3.23. The van der Waals surface area contributed by atoms with Crippen molar-refractivity contribution in [1.82, 2.24) is 0 Å². The summed E-state index contributed by atoms with van der Waals surface area (Å²) in [4.78, 5) is 0. The van der Waals surface area contributed by atoms with E-state index >= 15 is 0 Å². The quantitative estimate of drug-likeness (QED) is 0.816. The molecule has 0 bridgehead atoms. The Balaban J connectivity index is 2.06. The molecule has 2 rings (SSSR count). The predicted molar refractivity (Wildman–Crippen MR) is 85.3 cm³/mol. The van der Waals surface area contributed by atoms with Gasteiger partial charge in [-0.05, 0) is 37.5 Å². The second kappa shape index (κ2) is 7.71. The van der Waals surface area contributed by atoms with Gasteiger partial charge < -0.3 is 10.1 Å². The van der Waals surface area contributed by atoms with Crippen LogP contribution in [0.15, 0.2) is 54.6 Å². The van der Waals surface area contributed by atoms with Gasteiger partial charge in [-0.2, -0.15) is 0 Å². The van der Waals surface area contributed by atoms with Crippen molar-refractivity contribution in [2.75, 3.05) is 18.5 Å². The number of ether oxygens (including phenoxy) is 1. The van der Waals surface area contributed by atoms with Crippen molar-refractivity contribution in [3.8, 4) is 0 Å². The summed E-state index contributed by atoms with van der Waals surface area (Å²) < 4.78 is 5.46. The topological polar surface area (TPSA) is 21.3 Å². The predicted octanol–water partition coefficient (Wildman–Crippen LogP) is 4.11. The summed E-state index contributed by atoms with van der Waals surface area (Å²) >= 11 is 0. The van der Waals surface area contributed by atoms with Gasteiger partial charge in [0.2, 0.25) is 0 Å². The van der Waals surface area contributed by atoms with E-state index in [4.69, 9.17) is 4.74 Å². The van der Waals surface area contributed by atoms with E-state index < -0.39 is 0 Å². The lowest BCUT2D eigenvalue weighted by molar-refractivity contribution is 0.141. The molecule has 0 amide bonds. The van der Waals surface area contributed by atoms with E-state index in [1.165, 1.54) is 16.8 Å². The smallest absolute Gasteiger partial charge is 0.0664 e. The minimum absolute atomic E-state index is 0.312. The van der Waals surface area contributed by atoms with Gasteiger partial charge in [-0.1, -0.05) is 48.5 Å².